The van der Waals surface area contributed by atoms with Crippen molar-refractivity contribution < 1.29 is 9.63 Å². The van der Waals surface area contributed by atoms with Crippen molar-refractivity contribution >= 4 is 23.8 Å². The minimum absolute atomic E-state index is 0.0288. The highest BCUT2D eigenvalue weighted by Gasteiger charge is 2.22. The van der Waals surface area contributed by atoms with E-state index >= 15 is 0 Å². The molecule has 2 rings (SSSR count). The highest BCUT2D eigenvalue weighted by Crippen LogP contribution is 2.24. The first-order valence-electron chi connectivity index (χ1n) is 6.25. The van der Waals surface area contributed by atoms with E-state index in [9.17, 15) is 4.79 Å². The predicted molar refractivity (Wildman–Crippen MR) is 71.7 cm³/mol. The van der Waals surface area contributed by atoms with Crippen LogP contribution < -0.4 is 0 Å². The summed E-state index contributed by atoms with van der Waals surface area (Å²) < 4.78 is 0. The molecule has 4 heteroatoms. The Bertz CT molecular complexity index is 422. The van der Waals surface area contributed by atoms with Gasteiger partial charge in [-0.15, -0.1) is 0 Å². The van der Waals surface area contributed by atoms with Gasteiger partial charge in [0.05, 0.1) is 12.1 Å². The second-order valence-corrected chi connectivity index (χ2v) is 4.97. The van der Waals surface area contributed by atoms with Crippen LogP contribution in [0.1, 0.15) is 37.7 Å². The Kier molecular flexibility index (Phi) is 4.76. The van der Waals surface area contributed by atoms with E-state index in [1.807, 2.05) is 12.1 Å². The van der Waals surface area contributed by atoms with Crippen LogP contribution in [-0.4, -0.2) is 12.2 Å². The van der Waals surface area contributed by atoms with Crippen LogP contribution in [0, 0.1) is 5.92 Å². The molecule has 0 heterocycles. The molecule has 0 aliphatic heterocycles. The minimum atomic E-state index is -0.208. The van der Waals surface area contributed by atoms with Crippen LogP contribution in [-0.2, 0) is 9.63 Å². The molecule has 0 saturated heterocycles. The van der Waals surface area contributed by atoms with E-state index in [4.69, 9.17) is 16.4 Å². The molecule has 1 aromatic rings. The number of benzene rings is 1. The maximum absolute atomic E-state index is 11.7. The van der Waals surface area contributed by atoms with E-state index in [0.29, 0.717) is 5.02 Å². The molecule has 1 aliphatic rings. The lowest BCUT2D eigenvalue weighted by Gasteiger charge is -2.17. The van der Waals surface area contributed by atoms with Gasteiger partial charge in [0, 0.05) is 5.02 Å². The molecular weight excluding hydrogens is 250 g/mol. The third-order valence-electron chi connectivity index (χ3n) is 3.15. The fraction of sp³-hybridized carbons (Fsp3) is 0.429. The Morgan fingerprint density at radius 1 is 1.22 bits per heavy atom. The van der Waals surface area contributed by atoms with E-state index < -0.39 is 0 Å². The number of nitrogens with zero attached hydrogens (tertiary/aromatic N) is 1. The molecule has 0 atom stereocenters. The fourth-order valence-corrected chi connectivity index (χ4v) is 2.23. The van der Waals surface area contributed by atoms with Gasteiger partial charge in [-0.1, -0.05) is 48.2 Å². The van der Waals surface area contributed by atoms with Gasteiger partial charge in [0.2, 0.25) is 0 Å². The summed E-state index contributed by atoms with van der Waals surface area (Å²) in [7, 11) is 0. The van der Waals surface area contributed by atoms with Crippen molar-refractivity contribution in [3.8, 4) is 0 Å². The van der Waals surface area contributed by atoms with Gasteiger partial charge in [-0.2, -0.15) is 0 Å². The first kappa shape index (κ1) is 13.1. The van der Waals surface area contributed by atoms with E-state index in [-0.39, 0.29) is 11.9 Å². The number of hydrogen-bond acceptors (Lipinski definition) is 3. The SMILES string of the molecule is O=C(ON=Cc1ccc(Cl)cc1)C1CCCCC1. The van der Waals surface area contributed by atoms with Crippen LogP contribution in [0.15, 0.2) is 29.4 Å². The van der Waals surface area contributed by atoms with Gasteiger partial charge in [-0.3, -0.25) is 0 Å². The zero-order valence-corrected chi connectivity index (χ0v) is 10.9. The average molecular weight is 266 g/mol. The Morgan fingerprint density at radius 2 is 1.89 bits per heavy atom. The zero-order chi connectivity index (χ0) is 12.8. The van der Waals surface area contributed by atoms with Crippen LogP contribution in [0.5, 0.6) is 0 Å². The van der Waals surface area contributed by atoms with Crippen molar-refractivity contribution in [1.29, 1.82) is 0 Å². The molecule has 1 aliphatic carbocycles. The summed E-state index contributed by atoms with van der Waals surface area (Å²) >= 11 is 5.77. The van der Waals surface area contributed by atoms with E-state index in [0.717, 1.165) is 31.2 Å². The Morgan fingerprint density at radius 3 is 2.56 bits per heavy atom. The minimum Gasteiger partial charge on any atom is -0.318 e. The molecule has 0 spiro atoms. The van der Waals surface area contributed by atoms with Crippen molar-refractivity contribution in [2.75, 3.05) is 0 Å². The number of carbonyl (C=O) groups excluding carboxylic acids is 1. The molecule has 0 unspecified atom stereocenters. The summed E-state index contributed by atoms with van der Waals surface area (Å²) in [5, 5.41) is 4.40. The summed E-state index contributed by atoms with van der Waals surface area (Å²) in [4.78, 5) is 16.6. The van der Waals surface area contributed by atoms with Gasteiger partial charge in [0.15, 0.2) is 0 Å². The van der Waals surface area contributed by atoms with Crippen LogP contribution in [0.25, 0.3) is 0 Å². The smallest absolute Gasteiger partial charge is 0.318 e. The number of hydrogen-bond donors (Lipinski definition) is 0. The van der Waals surface area contributed by atoms with Crippen LogP contribution >= 0.6 is 11.6 Å². The Hall–Kier alpha value is -1.35. The first-order valence-corrected chi connectivity index (χ1v) is 6.63. The monoisotopic (exact) mass is 265 g/mol. The van der Waals surface area contributed by atoms with Crippen LogP contribution in [0.2, 0.25) is 5.02 Å². The number of carbonyl (C=O) groups is 1. The Balaban J connectivity index is 1.83. The van der Waals surface area contributed by atoms with Crippen molar-refractivity contribution in [2.45, 2.75) is 32.1 Å². The van der Waals surface area contributed by atoms with Gasteiger partial charge in [0.25, 0.3) is 0 Å². The molecule has 0 amide bonds. The quantitative estimate of drug-likeness (QED) is 0.474. The Labute approximate surface area is 112 Å². The first-order chi connectivity index (χ1) is 8.75. The summed E-state index contributed by atoms with van der Waals surface area (Å²) in [6, 6.07) is 7.18. The molecule has 1 aromatic carbocycles. The third kappa shape index (κ3) is 3.84. The molecule has 0 N–H and O–H groups in total. The summed E-state index contributed by atoms with van der Waals surface area (Å²) in [5.41, 5.74) is 0.857. The fourth-order valence-electron chi connectivity index (χ4n) is 2.10. The van der Waals surface area contributed by atoms with Gasteiger partial charge >= 0.3 is 5.97 Å². The van der Waals surface area contributed by atoms with Crippen molar-refractivity contribution in [2.24, 2.45) is 11.1 Å². The largest absolute Gasteiger partial charge is 0.338 e. The average Bonchev–Trinajstić information content (AvgIpc) is 2.42. The maximum atomic E-state index is 11.7. The molecular formula is C14H16ClNO2. The highest BCUT2D eigenvalue weighted by molar-refractivity contribution is 6.30. The number of oxime groups is 1. The molecule has 18 heavy (non-hydrogen) atoms. The summed E-state index contributed by atoms with van der Waals surface area (Å²) in [5.74, 6) is -0.180. The molecule has 3 nitrogen and oxygen atoms in total. The maximum Gasteiger partial charge on any atom is 0.338 e. The van der Waals surface area contributed by atoms with Crippen LogP contribution in [0.3, 0.4) is 0 Å². The lowest BCUT2D eigenvalue weighted by atomic mass is 9.89. The van der Waals surface area contributed by atoms with Gasteiger partial charge < -0.3 is 4.84 Å². The molecule has 0 aromatic heterocycles. The zero-order valence-electron chi connectivity index (χ0n) is 10.1. The van der Waals surface area contributed by atoms with Crippen molar-refractivity contribution in [1.82, 2.24) is 0 Å². The second-order valence-electron chi connectivity index (χ2n) is 4.53. The molecule has 1 fully saturated rings. The van der Waals surface area contributed by atoms with Crippen molar-refractivity contribution in [3.05, 3.63) is 34.9 Å². The molecule has 0 bridgehead atoms. The van der Waals surface area contributed by atoms with Crippen molar-refractivity contribution in [3.63, 3.8) is 0 Å². The highest BCUT2D eigenvalue weighted by atomic mass is 35.5. The van der Waals surface area contributed by atoms with E-state index in [2.05, 4.69) is 5.16 Å². The second kappa shape index (κ2) is 6.55. The van der Waals surface area contributed by atoms with E-state index in [1.165, 1.54) is 12.6 Å². The van der Waals surface area contributed by atoms with Gasteiger partial charge in [0.1, 0.15) is 0 Å². The normalized spacial score (nSPS) is 16.9. The van der Waals surface area contributed by atoms with E-state index in [1.54, 1.807) is 12.1 Å². The lowest BCUT2D eigenvalue weighted by molar-refractivity contribution is -0.149. The lowest BCUT2D eigenvalue weighted by Crippen LogP contribution is -2.18. The number of rotatable bonds is 3. The predicted octanol–water partition coefficient (Wildman–Crippen LogP) is 3.80. The standard InChI is InChI=1S/C14H16ClNO2/c15-13-8-6-11(7-9-13)10-16-18-14(17)12-4-2-1-3-5-12/h6-10,12H,1-5H2. The number of halogens is 1. The molecule has 96 valence electrons. The summed E-state index contributed by atoms with van der Waals surface area (Å²) in [6.07, 6.45) is 6.82. The molecule has 0 radical (unpaired) electrons. The van der Waals surface area contributed by atoms with Gasteiger partial charge in [-0.05, 0) is 30.5 Å². The topological polar surface area (TPSA) is 38.7 Å². The van der Waals surface area contributed by atoms with Gasteiger partial charge in [-0.25, -0.2) is 4.79 Å². The van der Waals surface area contributed by atoms with Crippen LogP contribution in [0.4, 0.5) is 0 Å². The molecule has 1 saturated carbocycles. The summed E-state index contributed by atoms with van der Waals surface area (Å²) in [6.45, 7) is 0. The third-order valence-corrected chi connectivity index (χ3v) is 3.40.